The van der Waals surface area contributed by atoms with E-state index in [1.165, 1.54) is 14.2 Å². The van der Waals surface area contributed by atoms with Crippen LogP contribution in [0.15, 0.2) is 46.6 Å². The van der Waals surface area contributed by atoms with Crippen molar-refractivity contribution in [3.05, 3.63) is 74.4 Å². The van der Waals surface area contributed by atoms with Crippen molar-refractivity contribution in [3.63, 3.8) is 0 Å². The molecule has 2 aromatic carbocycles. The number of carbonyl (C=O) groups is 2. The van der Waals surface area contributed by atoms with Crippen LogP contribution in [0.5, 0.6) is 17.2 Å². The fourth-order valence-corrected chi connectivity index (χ4v) is 4.77. The molecule has 0 aromatic heterocycles. The summed E-state index contributed by atoms with van der Waals surface area (Å²) in [4.78, 5) is 25.6. The Labute approximate surface area is 200 Å². The van der Waals surface area contributed by atoms with Crippen molar-refractivity contribution in [2.45, 2.75) is 53.9 Å². The Morgan fingerprint density at radius 2 is 1.21 bits per heavy atom. The summed E-state index contributed by atoms with van der Waals surface area (Å²) in [5, 5.41) is 10.1. The molecule has 0 bridgehead atoms. The smallest absolute Gasteiger partial charge is 0.334 e. The highest BCUT2D eigenvalue weighted by Gasteiger charge is 2.37. The molecule has 0 saturated carbocycles. The third kappa shape index (κ3) is 4.58. The molecular formula is C28H32O6. The lowest BCUT2D eigenvalue weighted by Crippen LogP contribution is -2.26. The molecule has 0 aliphatic heterocycles. The summed E-state index contributed by atoms with van der Waals surface area (Å²) in [6, 6.07) is 7.45. The highest BCUT2D eigenvalue weighted by Crippen LogP contribution is 2.44. The molecule has 6 nitrogen and oxygen atoms in total. The minimum Gasteiger partial charge on any atom is -0.507 e. The molecule has 0 unspecified atom stereocenters. The number of rotatable bonds is 5. The van der Waals surface area contributed by atoms with Crippen LogP contribution in [0.3, 0.4) is 0 Å². The van der Waals surface area contributed by atoms with Gasteiger partial charge in [-0.05, 0) is 87.9 Å². The van der Waals surface area contributed by atoms with Crippen LogP contribution < -0.4 is 4.74 Å². The number of esters is 2. The van der Waals surface area contributed by atoms with Crippen LogP contribution >= 0.6 is 0 Å². The van der Waals surface area contributed by atoms with Gasteiger partial charge in [0.05, 0.1) is 14.2 Å². The van der Waals surface area contributed by atoms with Crippen LogP contribution in [0.2, 0.25) is 0 Å². The first-order valence-corrected chi connectivity index (χ1v) is 11.1. The van der Waals surface area contributed by atoms with E-state index in [-0.39, 0.29) is 5.75 Å². The summed E-state index contributed by atoms with van der Waals surface area (Å²) in [5.74, 6) is 0.0527. The van der Waals surface area contributed by atoms with E-state index in [0.29, 0.717) is 29.1 Å². The molecule has 3 rings (SSSR count). The van der Waals surface area contributed by atoms with E-state index in [1.54, 1.807) is 12.1 Å². The van der Waals surface area contributed by atoms with E-state index >= 15 is 0 Å². The Morgan fingerprint density at radius 3 is 1.62 bits per heavy atom. The van der Waals surface area contributed by atoms with E-state index in [1.807, 2.05) is 53.7 Å². The molecule has 1 N–H and O–H groups in total. The first-order chi connectivity index (χ1) is 16.0. The maximum absolute atomic E-state index is 12.8. The van der Waals surface area contributed by atoms with Gasteiger partial charge in [-0.3, -0.25) is 0 Å². The molecule has 0 atom stereocenters. The van der Waals surface area contributed by atoms with Gasteiger partial charge in [0.2, 0.25) is 0 Å². The number of phenols is 1. The van der Waals surface area contributed by atoms with Crippen LogP contribution in [0.1, 0.15) is 54.0 Å². The van der Waals surface area contributed by atoms with Crippen LogP contribution in [-0.4, -0.2) is 31.3 Å². The monoisotopic (exact) mass is 464 g/mol. The average Bonchev–Trinajstić information content (AvgIpc) is 2.78. The molecule has 34 heavy (non-hydrogen) atoms. The molecular weight excluding hydrogens is 432 g/mol. The zero-order chi connectivity index (χ0) is 25.3. The number of hydrogen-bond donors (Lipinski definition) is 1. The summed E-state index contributed by atoms with van der Waals surface area (Å²) >= 11 is 0. The van der Waals surface area contributed by atoms with Crippen molar-refractivity contribution >= 4 is 11.9 Å². The first-order valence-electron chi connectivity index (χ1n) is 11.1. The van der Waals surface area contributed by atoms with E-state index in [4.69, 9.17) is 14.2 Å². The molecule has 180 valence electrons. The third-order valence-corrected chi connectivity index (χ3v) is 6.34. The van der Waals surface area contributed by atoms with Gasteiger partial charge >= 0.3 is 11.9 Å². The standard InChI is InChI=1S/C28H32O6/c1-14-9-15(2)23(28(31)33-8)24(22(14)27(30)32-7)20-10-18(5)26(19(6)11-20)34-21-12-16(3)25(29)17(4)13-21/h10-13,24,29H,9H2,1-8H3. The van der Waals surface area contributed by atoms with Crippen molar-refractivity contribution in [1.82, 2.24) is 0 Å². The van der Waals surface area contributed by atoms with Gasteiger partial charge in [-0.25, -0.2) is 9.59 Å². The van der Waals surface area contributed by atoms with Gasteiger partial charge in [-0.2, -0.15) is 0 Å². The Bertz CT molecular complexity index is 1150. The summed E-state index contributed by atoms with van der Waals surface area (Å²) in [6.45, 7) is 11.3. The number of ether oxygens (including phenoxy) is 3. The molecule has 0 fully saturated rings. The van der Waals surface area contributed by atoms with Gasteiger partial charge in [0.1, 0.15) is 17.2 Å². The highest BCUT2D eigenvalue weighted by atomic mass is 16.5. The van der Waals surface area contributed by atoms with Crippen molar-refractivity contribution in [2.24, 2.45) is 0 Å². The Kier molecular flexibility index (Phi) is 7.20. The van der Waals surface area contributed by atoms with E-state index < -0.39 is 17.9 Å². The number of benzene rings is 2. The SMILES string of the molecule is COC(=O)C1=C(C)CC(C)=C(C(=O)OC)C1c1cc(C)c(Oc2cc(C)c(O)c(C)c2)c(C)c1. The highest BCUT2D eigenvalue weighted by molar-refractivity contribution is 6.00. The number of methoxy groups -OCH3 is 2. The molecule has 2 aromatic rings. The van der Waals surface area contributed by atoms with Gasteiger partial charge in [-0.15, -0.1) is 0 Å². The van der Waals surface area contributed by atoms with Crippen molar-refractivity contribution in [3.8, 4) is 17.2 Å². The van der Waals surface area contributed by atoms with Gasteiger partial charge in [-0.1, -0.05) is 23.3 Å². The van der Waals surface area contributed by atoms with Gasteiger partial charge in [0.15, 0.2) is 0 Å². The van der Waals surface area contributed by atoms with Gasteiger partial charge < -0.3 is 19.3 Å². The van der Waals surface area contributed by atoms with E-state index in [0.717, 1.165) is 39.0 Å². The normalized spacial score (nSPS) is 14.4. The Balaban J connectivity index is 2.14. The van der Waals surface area contributed by atoms with E-state index in [9.17, 15) is 14.7 Å². The average molecular weight is 465 g/mol. The fraction of sp³-hybridized carbons (Fsp3) is 0.357. The van der Waals surface area contributed by atoms with Gasteiger partial charge in [0, 0.05) is 17.1 Å². The second-order valence-electron chi connectivity index (χ2n) is 8.97. The zero-order valence-corrected chi connectivity index (χ0v) is 21.1. The number of carbonyl (C=O) groups excluding carboxylic acids is 2. The van der Waals surface area contributed by atoms with Crippen molar-refractivity contribution < 1.29 is 28.9 Å². The molecule has 0 radical (unpaired) electrons. The largest absolute Gasteiger partial charge is 0.507 e. The predicted octanol–water partition coefficient (Wildman–Crippen LogP) is 5.88. The second-order valence-corrected chi connectivity index (χ2v) is 8.97. The topological polar surface area (TPSA) is 82.1 Å². The van der Waals surface area contributed by atoms with E-state index in [2.05, 4.69) is 0 Å². The Morgan fingerprint density at radius 1 is 0.765 bits per heavy atom. The third-order valence-electron chi connectivity index (χ3n) is 6.34. The fourth-order valence-electron chi connectivity index (χ4n) is 4.77. The van der Waals surface area contributed by atoms with Crippen molar-refractivity contribution in [1.29, 1.82) is 0 Å². The molecule has 0 amide bonds. The van der Waals surface area contributed by atoms with Crippen LogP contribution in [0, 0.1) is 27.7 Å². The van der Waals surface area contributed by atoms with Crippen molar-refractivity contribution in [2.75, 3.05) is 14.2 Å². The summed E-state index contributed by atoms with van der Waals surface area (Å²) < 4.78 is 16.4. The predicted molar refractivity (Wildman–Crippen MR) is 130 cm³/mol. The maximum atomic E-state index is 12.8. The lowest BCUT2D eigenvalue weighted by Gasteiger charge is -2.30. The van der Waals surface area contributed by atoms with Crippen LogP contribution in [0.4, 0.5) is 0 Å². The number of aromatic hydroxyl groups is 1. The minimum atomic E-state index is -0.599. The lowest BCUT2D eigenvalue weighted by atomic mass is 9.74. The quantitative estimate of drug-likeness (QED) is 0.556. The summed E-state index contributed by atoms with van der Waals surface area (Å²) in [7, 11) is 2.69. The van der Waals surface area contributed by atoms with Crippen LogP contribution in [0.25, 0.3) is 0 Å². The number of aryl methyl sites for hydroxylation is 4. The lowest BCUT2D eigenvalue weighted by molar-refractivity contribution is -0.137. The molecule has 1 aliphatic carbocycles. The minimum absolute atomic E-state index is 0.253. The number of phenolic OH excluding ortho intramolecular Hbond substituents is 1. The molecule has 0 spiro atoms. The Hall–Kier alpha value is -3.54. The molecule has 1 aliphatic rings. The first kappa shape index (κ1) is 25.1. The second kappa shape index (κ2) is 9.75. The number of hydrogen-bond acceptors (Lipinski definition) is 6. The molecule has 0 saturated heterocycles. The zero-order valence-electron chi connectivity index (χ0n) is 21.1. The molecule has 0 heterocycles. The number of allylic oxidation sites excluding steroid dienone is 2. The summed E-state index contributed by atoms with van der Waals surface area (Å²) in [5.41, 5.74) is 6.63. The molecule has 6 heteroatoms. The summed E-state index contributed by atoms with van der Waals surface area (Å²) in [6.07, 6.45) is 0.504. The van der Waals surface area contributed by atoms with Crippen LogP contribution in [-0.2, 0) is 19.1 Å². The van der Waals surface area contributed by atoms with Gasteiger partial charge in [0.25, 0.3) is 0 Å². The maximum Gasteiger partial charge on any atom is 0.334 e.